The maximum Gasteiger partial charge on any atom is 0.296 e. The molecule has 3 heterocycles. The molecular weight excluding hydrogens is 446 g/mol. The molecule has 6 nitrogen and oxygen atoms in total. The molecular formula is C27H21N3O3S. The van der Waals surface area contributed by atoms with Crippen molar-refractivity contribution >= 4 is 44.5 Å². The summed E-state index contributed by atoms with van der Waals surface area (Å²) < 4.78 is 0.938. The van der Waals surface area contributed by atoms with E-state index in [4.69, 9.17) is 4.98 Å². The number of pyridine rings is 1. The molecule has 1 atom stereocenters. The van der Waals surface area contributed by atoms with Crippen LogP contribution in [-0.2, 0) is 9.59 Å². The molecule has 0 fully saturated rings. The van der Waals surface area contributed by atoms with Crippen molar-refractivity contribution < 1.29 is 14.7 Å². The summed E-state index contributed by atoms with van der Waals surface area (Å²) in [5.41, 5.74) is 4.36. The summed E-state index contributed by atoms with van der Waals surface area (Å²) in [7, 11) is 0. The van der Waals surface area contributed by atoms with Gasteiger partial charge >= 0.3 is 0 Å². The Morgan fingerprint density at radius 1 is 1.12 bits per heavy atom. The van der Waals surface area contributed by atoms with Gasteiger partial charge in [0.1, 0.15) is 0 Å². The van der Waals surface area contributed by atoms with Gasteiger partial charge in [0.15, 0.2) is 16.7 Å². The smallest absolute Gasteiger partial charge is 0.296 e. The Labute approximate surface area is 200 Å². The molecule has 1 N–H and O–H groups in total. The monoisotopic (exact) mass is 467 g/mol. The second-order valence-electron chi connectivity index (χ2n) is 8.16. The minimum absolute atomic E-state index is 0.0114. The topological polar surface area (TPSA) is 83.4 Å². The number of aromatic nitrogens is 2. The van der Waals surface area contributed by atoms with Crippen molar-refractivity contribution in [3.63, 3.8) is 0 Å². The predicted molar refractivity (Wildman–Crippen MR) is 134 cm³/mol. The molecule has 34 heavy (non-hydrogen) atoms. The van der Waals surface area contributed by atoms with Crippen molar-refractivity contribution in [2.45, 2.75) is 19.9 Å². The maximum atomic E-state index is 13.3. The summed E-state index contributed by atoms with van der Waals surface area (Å²) in [6.07, 6.45) is 6.27. The zero-order valence-corrected chi connectivity index (χ0v) is 19.4. The average Bonchev–Trinajstić information content (AvgIpc) is 3.37. The molecule has 0 saturated carbocycles. The van der Waals surface area contributed by atoms with Crippen LogP contribution in [0.4, 0.5) is 5.13 Å². The number of aryl methyl sites for hydroxylation is 2. The number of hydrogen-bond acceptors (Lipinski definition) is 6. The number of carbonyl (C=O) groups excluding carboxylic acids is 2. The fourth-order valence-corrected chi connectivity index (χ4v) is 5.36. The van der Waals surface area contributed by atoms with E-state index in [1.165, 1.54) is 22.3 Å². The van der Waals surface area contributed by atoms with Gasteiger partial charge in [-0.05, 0) is 54.3 Å². The van der Waals surface area contributed by atoms with Crippen LogP contribution in [-0.4, -0.2) is 26.8 Å². The van der Waals surface area contributed by atoms with E-state index in [1.54, 1.807) is 30.6 Å². The number of nitrogens with zero attached hydrogens (tertiary/aromatic N) is 3. The fraction of sp³-hybridized carbons (Fsp3) is 0.111. The number of rotatable bonds is 5. The summed E-state index contributed by atoms with van der Waals surface area (Å²) >= 11 is 1.36. The minimum atomic E-state index is -0.837. The Morgan fingerprint density at radius 3 is 2.65 bits per heavy atom. The van der Waals surface area contributed by atoms with E-state index in [9.17, 15) is 14.7 Å². The number of aliphatic hydroxyl groups excluding tert-OH is 1. The molecule has 5 rings (SSSR count). The third-order valence-corrected chi connectivity index (χ3v) is 6.73. The Morgan fingerprint density at radius 2 is 1.91 bits per heavy atom. The van der Waals surface area contributed by atoms with Gasteiger partial charge in [-0.2, -0.15) is 0 Å². The fourth-order valence-electron chi connectivity index (χ4n) is 4.20. The highest BCUT2D eigenvalue weighted by Gasteiger charge is 2.45. The van der Waals surface area contributed by atoms with Gasteiger partial charge < -0.3 is 5.11 Å². The molecule has 1 aliphatic heterocycles. The molecule has 168 valence electrons. The lowest BCUT2D eigenvalue weighted by atomic mass is 9.97. The van der Waals surface area contributed by atoms with Crippen LogP contribution in [0, 0.1) is 13.8 Å². The second-order valence-corrected chi connectivity index (χ2v) is 9.17. The Balaban J connectivity index is 1.61. The average molecular weight is 468 g/mol. The van der Waals surface area contributed by atoms with Crippen LogP contribution in [0.3, 0.4) is 0 Å². The van der Waals surface area contributed by atoms with Crippen LogP contribution < -0.4 is 4.90 Å². The summed E-state index contributed by atoms with van der Waals surface area (Å²) in [6.45, 7) is 3.98. The highest BCUT2D eigenvalue weighted by molar-refractivity contribution is 7.22. The standard InChI is InChI=1S/C27H21N3O3S/c1-16-13-17(2)23-21(14-16)34-27(29-23)30-24(19-9-6-12-28-15-19)22(25(32)26(30)33)20(31)11-10-18-7-4-3-5-8-18/h3-15,24,32H,1-2H3/b11-10+. The SMILES string of the molecule is Cc1cc(C)c2nc(N3C(=O)C(O)=C(C(=O)/C=C/c4ccccc4)C3c3cccnc3)sc2c1. The van der Waals surface area contributed by atoms with E-state index in [0.717, 1.165) is 26.9 Å². The van der Waals surface area contributed by atoms with Crippen molar-refractivity contribution in [1.82, 2.24) is 9.97 Å². The van der Waals surface area contributed by atoms with Crippen LogP contribution in [0.15, 0.2) is 84.4 Å². The van der Waals surface area contributed by atoms with Gasteiger partial charge in [-0.1, -0.05) is 59.9 Å². The number of ketones is 1. The van der Waals surface area contributed by atoms with E-state index >= 15 is 0 Å². The maximum absolute atomic E-state index is 13.3. The van der Waals surface area contributed by atoms with Crippen LogP contribution in [0.25, 0.3) is 16.3 Å². The number of carbonyl (C=O) groups is 2. The zero-order valence-electron chi connectivity index (χ0n) is 18.6. The molecule has 1 aliphatic rings. The number of amides is 1. The number of anilines is 1. The third-order valence-electron chi connectivity index (χ3n) is 5.73. The van der Waals surface area contributed by atoms with Gasteiger partial charge in [0.2, 0.25) is 0 Å². The van der Waals surface area contributed by atoms with Crippen molar-refractivity contribution in [2.75, 3.05) is 4.90 Å². The largest absolute Gasteiger partial charge is 0.503 e. The van der Waals surface area contributed by atoms with Crippen LogP contribution in [0.2, 0.25) is 0 Å². The lowest BCUT2D eigenvalue weighted by Crippen LogP contribution is -2.30. The van der Waals surface area contributed by atoms with Crippen molar-refractivity contribution in [3.8, 4) is 0 Å². The Hall–Kier alpha value is -4.10. The predicted octanol–water partition coefficient (Wildman–Crippen LogP) is 5.49. The molecule has 7 heteroatoms. The van der Waals surface area contributed by atoms with E-state index in [-0.39, 0.29) is 5.57 Å². The molecule has 4 aromatic rings. The second kappa shape index (κ2) is 8.68. The van der Waals surface area contributed by atoms with Gasteiger partial charge in [-0.25, -0.2) is 4.98 Å². The van der Waals surface area contributed by atoms with Crippen molar-refractivity contribution in [2.24, 2.45) is 0 Å². The number of thiazole rings is 1. The van der Waals surface area contributed by atoms with Gasteiger partial charge in [0.05, 0.1) is 21.8 Å². The molecule has 0 radical (unpaired) electrons. The molecule has 2 aromatic carbocycles. The molecule has 1 unspecified atom stereocenters. The summed E-state index contributed by atoms with van der Waals surface area (Å²) in [5, 5.41) is 11.3. The Bertz CT molecular complexity index is 1470. The third kappa shape index (κ3) is 3.80. The number of fused-ring (bicyclic) bond motifs is 1. The lowest BCUT2D eigenvalue weighted by molar-refractivity contribution is -0.117. The van der Waals surface area contributed by atoms with Crippen LogP contribution in [0.5, 0.6) is 0 Å². The molecule has 2 aromatic heterocycles. The summed E-state index contributed by atoms with van der Waals surface area (Å²) in [5.74, 6) is -1.67. The van der Waals surface area contributed by atoms with Crippen molar-refractivity contribution in [1.29, 1.82) is 0 Å². The molecule has 0 saturated heterocycles. The van der Waals surface area contributed by atoms with Gasteiger partial charge in [-0.15, -0.1) is 0 Å². The molecule has 0 bridgehead atoms. The molecule has 1 amide bonds. The van der Waals surface area contributed by atoms with Crippen LogP contribution in [0.1, 0.15) is 28.3 Å². The normalized spacial score (nSPS) is 16.2. The number of allylic oxidation sites excluding steroid dienone is 1. The van der Waals surface area contributed by atoms with Gasteiger partial charge in [-0.3, -0.25) is 19.5 Å². The number of hydrogen-bond donors (Lipinski definition) is 1. The molecule has 0 aliphatic carbocycles. The van der Waals surface area contributed by atoms with Crippen molar-refractivity contribution in [3.05, 3.63) is 107 Å². The zero-order chi connectivity index (χ0) is 23.8. The first kappa shape index (κ1) is 21.7. The minimum Gasteiger partial charge on any atom is -0.503 e. The first-order valence-corrected chi connectivity index (χ1v) is 11.6. The lowest BCUT2D eigenvalue weighted by Gasteiger charge is -2.23. The Kier molecular flexibility index (Phi) is 5.55. The highest BCUT2D eigenvalue weighted by Crippen LogP contribution is 2.43. The highest BCUT2D eigenvalue weighted by atomic mass is 32.1. The van der Waals surface area contributed by atoms with E-state index in [2.05, 4.69) is 4.98 Å². The summed E-state index contributed by atoms with van der Waals surface area (Å²) in [4.78, 5) is 36.9. The van der Waals surface area contributed by atoms with Gasteiger partial charge in [0, 0.05) is 12.4 Å². The van der Waals surface area contributed by atoms with E-state index in [0.29, 0.717) is 10.7 Å². The first-order valence-electron chi connectivity index (χ1n) is 10.8. The van der Waals surface area contributed by atoms with E-state index < -0.39 is 23.5 Å². The van der Waals surface area contributed by atoms with Gasteiger partial charge in [0.25, 0.3) is 5.91 Å². The number of benzene rings is 2. The molecule has 0 spiro atoms. The summed E-state index contributed by atoms with van der Waals surface area (Å²) in [6, 6.07) is 16.1. The quantitative estimate of drug-likeness (QED) is 0.393. The first-order chi connectivity index (χ1) is 16.4. The van der Waals surface area contributed by atoms with E-state index in [1.807, 2.05) is 56.3 Å². The van der Waals surface area contributed by atoms with Crippen LogP contribution >= 0.6 is 11.3 Å². The number of aliphatic hydroxyl groups is 1.